The number of nitrogens with zero attached hydrogens (tertiary/aromatic N) is 5. The normalized spacial score (nSPS) is 23.6. The number of unbranched alkanes of at least 4 members (excludes halogenated alkanes) is 2. The SMILES string of the molecule is CC1(C)CCC(CN2CCN(c3ccc(C(=O)NS(=O)(=O)c4ccc(N[C@H](CCN5CCN(CCCCCNc6ccc7c(c6)C(=O)N(C6CCC(=O)NC6=O)C7=O)CC5)CSc5ccccc5)c(S(=O)(=O)C(F)(F)F)c4)cc3)CC2)=C(C23CC(C(F)F)(C2)C3)C1. The van der Waals surface area contributed by atoms with Crippen LogP contribution in [0, 0.1) is 16.2 Å². The number of piperazine rings is 2. The number of halogens is 5. The molecule has 3 saturated carbocycles. The minimum absolute atomic E-state index is 0.0358. The number of allylic oxidation sites excluding steroid dienone is 1. The van der Waals surface area contributed by atoms with Crippen molar-refractivity contribution < 1.29 is 62.8 Å². The Hall–Kier alpha value is -6.45. The van der Waals surface area contributed by atoms with Crippen molar-refractivity contribution >= 4 is 78.2 Å². The van der Waals surface area contributed by atoms with Crippen LogP contribution in [0.2, 0.25) is 0 Å². The number of hydrogen-bond acceptors (Lipinski definition) is 16. The summed E-state index contributed by atoms with van der Waals surface area (Å²) >= 11 is 1.43. The molecular formula is C65H78F5N9O9S3. The first kappa shape index (κ1) is 66.0. The molecule has 0 aromatic heterocycles. The fraction of sp³-hybridized carbons (Fsp3) is 0.523. The third-order valence-corrected chi connectivity index (χ3v) is 23.5. The predicted molar refractivity (Wildman–Crippen MR) is 336 cm³/mol. The van der Waals surface area contributed by atoms with Gasteiger partial charge in [0, 0.05) is 117 Å². The molecule has 0 spiro atoms. The summed E-state index contributed by atoms with van der Waals surface area (Å²) in [6, 6.07) is 21.3. The molecule has 2 bridgehead atoms. The molecule has 4 aliphatic carbocycles. The molecule has 91 heavy (non-hydrogen) atoms. The molecule has 4 heterocycles. The molecular weight excluding hydrogens is 1240 g/mol. The highest BCUT2D eigenvalue weighted by atomic mass is 32.2. The number of sulfonamides is 1. The van der Waals surface area contributed by atoms with E-state index in [1.807, 2.05) is 35.1 Å². The summed E-state index contributed by atoms with van der Waals surface area (Å²) in [5, 5.41) is 8.56. The fourth-order valence-corrected chi connectivity index (χ4v) is 17.3. The van der Waals surface area contributed by atoms with Crippen molar-refractivity contribution in [2.75, 3.05) is 99.8 Å². The van der Waals surface area contributed by atoms with E-state index in [2.05, 4.69) is 49.4 Å². The summed E-state index contributed by atoms with van der Waals surface area (Å²) in [5.41, 5.74) is -2.33. The highest BCUT2D eigenvalue weighted by Gasteiger charge is 2.73. The third kappa shape index (κ3) is 14.4. The van der Waals surface area contributed by atoms with Gasteiger partial charge in [0.2, 0.25) is 18.2 Å². The van der Waals surface area contributed by atoms with Gasteiger partial charge < -0.3 is 25.3 Å². The van der Waals surface area contributed by atoms with Crippen LogP contribution in [0.25, 0.3) is 0 Å². The molecule has 1 unspecified atom stereocenters. The number of anilines is 3. The largest absolute Gasteiger partial charge is 0.501 e. The molecule has 12 rings (SSSR count). The van der Waals surface area contributed by atoms with Crippen molar-refractivity contribution in [2.24, 2.45) is 16.2 Å². The molecule has 6 fully saturated rings. The molecule has 4 aromatic carbocycles. The van der Waals surface area contributed by atoms with Crippen LogP contribution in [-0.4, -0.2) is 174 Å². The van der Waals surface area contributed by atoms with E-state index in [1.54, 1.807) is 30.3 Å². The minimum Gasteiger partial charge on any atom is -0.385 e. The number of benzene rings is 4. The van der Waals surface area contributed by atoms with Gasteiger partial charge in [-0.3, -0.25) is 39.1 Å². The van der Waals surface area contributed by atoms with E-state index in [0.717, 1.165) is 105 Å². The van der Waals surface area contributed by atoms with Crippen LogP contribution < -0.4 is 25.6 Å². The van der Waals surface area contributed by atoms with E-state index in [1.165, 1.54) is 35.0 Å². The maximum Gasteiger partial charge on any atom is 0.501 e. The topological polar surface area (TPSA) is 218 Å². The molecule has 8 aliphatic rings. The van der Waals surface area contributed by atoms with Gasteiger partial charge >= 0.3 is 5.51 Å². The van der Waals surface area contributed by atoms with Crippen molar-refractivity contribution in [1.82, 2.24) is 29.6 Å². The van der Waals surface area contributed by atoms with Crippen LogP contribution in [-0.2, 0) is 29.4 Å². The molecule has 490 valence electrons. The third-order valence-electron chi connectivity index (χ3n) is 19.5. The summed E-state index contributed by atoms with van der Waals surface area (Å²) < 4.78 is 127. The lowest BCUT2D eigenvalue weighted by Crippen LogP contribution is -2.66. The Morgan fingerprint density at radius 3 is 2.10 bits per heavy atom. The van der Waals surface area contributed by atoms with Crippen molar-refractivity contribution in [1.29, 1.82) is 0 Å². The first-order chi connectivity index (χ1) is 43.2. The van der Waals surface area contributed by atoms with E-state index in [0.29, 0.717) is 82.5 Å². The number of thioether (sulfide) groups is 1. The van der Waals surface area contributed by atoms with Gasteiger partial charge in [0.25, 0.3) is 37.6 Å². The molecule has 4 N–H and O–H groups in total. The maximum atomic E-state index is 14.5. The van der Waals surface area contributed by atoms with E-state index in [4.69, 9.17) is 0 Å². The lowest BCUT2D eigenvalue weighted by molar-refractivity contribution is -0.250. The zero-order valence-electron chi connectivity index (χ0n) is 51.1. The summed E-state index contributed by atoms with van der Waals surface area (Å²) in [7, 11) is -11.1. The van der Waals surface area contributed by atoms with Gasteiger partial charge in [-0.15, -0.1) is 11.8 Å². The number of amides is 5. The van der Waals surface area contributed by atoms with Gasteiger partial charge in [-0.1, -0.05) is 49.6 Å². The number of imide groups is 2. The van der Waals surface area contributed by atoms with Crippen LogP contribution in [0.5, 0.6) is 0 Å². The average Bonchev–Trinajstić information content (AvgIpc) is 0.958. The number of sulfone groups is 1. The second kappa shape index (κ2) is 26.5. The Morgan fingerprint density at radius 1 is 0.758 bits per heavy atom. The van der Waals surface area contributed by atoms with Crippen LogP contribution in [0.4, 0.5) is 39.0 Å². The summed E-state index contributed by atoms with van der Waals surface area (Å²) in [4.78, 5) is 72.8. The second-order valence-electron chi connectivity index (χ2n) is 26.4. The fourth-order valence-electron chi connectivity index (χ4n) is 14.3. The van der Waals surface area contributed by atoms with Crippen LogP contribution in [0.15, 0.2) is 117 Å². The Kier molecular flexibility index (Phi) is 19.2. The van der Waals surface area contributed by atoms with Gasteiger partial charge in [-0.05, 0) is 154 Å². The number of rotatable bonds is 25. The lowest BCUT2D eigenvalue weighted by Gasteiger charge is -2.72. The number of hydrogen-bond donors (Lipinski definition) is 4. The Morgan fingerprint density at radius 2 is 1.43 bits per heavy atom. The zero-order chi connectivity index (χ0) is 64.7. The predicted octanol–water partition coefficient (Wildman–Crippen LogP) is 9.43. The highest BCUT2D eigenvalue weighted by molar-refractivity contribution is 7.99. The van der Waals surface area contributed by atoms with Crippen LogP contribution >= 0.6 is 11.8 Å². The molecule has 4 aromatic rings. The first-order valence-electron chi connectivity index (χ1n) is 31.3. The highest BCUT2D eigenvalue weighted by Crippen LogP contribution is 2.79. The number of fused-ring (bicyclic) bond motifs is 1. The summed E-state index contributed by atoms with van der Waals surface area (Å²) in [6.07, 6.45) is 5.62. The summed E-state index contributed by atoms with van der Waals surface area (Å²) in [5.74, 6) is -2.99. The van der Waals surface area contributed by atoms with Gasteiger partial charge in [-0.2, -0.15) is 13.2 Å². The Bertz CT molecular complexity index is 3670. The number of carbonyl (C=O) groups excluding carboxylic acids is 5. The molecule has 2 atom stereocenters. The first-order valence-corrected chi connectivity index (χ1v) is 35.3. The second-order valence-corrected chi connectivity index (χ2v) is 31.1. The number of carbonyl (C=O) groups is 5. The van der Waals surface area contributed by atoms with Crippen molar-refractivity contribution in [2.45, 2.75) is 130 Å². The van der Waals surface area contributed by atoms with Crippen LogP contribution in [0.3, 0.4) is 0 Å². The quantitative estimate of drug-likeness (QED) is 0.0160. The van der Waals surface area contributed by atoms with E-state index in [9.17, 15) is 62.8 Å². The molecule has 3 saturated heterocycles. The molecule has 4 aliphatic heterocycles. The van der Waals surface area contributed by atoms with E-state index >= 15 is 0 Å². The lowest BCUT2D eigenvalue weighted by atomic mass is 9.32. The molecule has 0 radical (unpaired) electrons. The summed E-state index contributed by atoms with van der Waals surface area (Å²) in [6.45, 7) is 13.2. The average molecular weight is 1320 g/mol. The van der Waals surface area contributed by atoms with Crippen molar-refractivity contribution in [3.05, 3.63) is 119 Å². The molecule has 26 heteroatoms. The van der Waals surface area contributed by atoms with Crippen molar-refractivity contribution in [3.63, 3.8) is 0 Å². The van der Waals surface area contributed by atoms with E-state index < -0.39 is 94.3 Å². The van der Waals surface area contributed by atoms with Gasteiger partial charge in [0.1, 0.15) is 10.9 Å². The Balaban J connectivity index is 0.661. The zero-order valence-corrected chi connectivity index (χ0v) is 53.5. The number of alkyl halides is 5. The Labute approximate surface area is 532 Å². The molecule has 5 amide bonds. The monoisotopic (exact) mass is 1320 g/mol. The van der Waals surface area contributed by atoms with Gasteiger partial charge in [0.05, 0.1) is 21.7 Å². The minimum atomic E-state index is -6.14. The van der Waals surface area contributed by atoms with Crippen molar-refractivity contribution in [3.8, 4) is 0 Å². The number of nitrogens with one attached hydrogen (secondary N) is 4. The van der Waals surface area contributed by atoms with Gasteiger partial charge in [-0.25, -0.2) is 30.3 Å². The maximum absolute atomic E-state index is 14.5. The van der Waals surface area contributed by atoms with Crippen LogP contribution in [0.1, 0.15) is 122 Å². The number of piperidine rings is 1. The standard InChI is InChI=1S/C65H78F5N9O9S3/c1-62(2)23-21-44(52(37-62)63-40-64(41-63,42-63)61(66)67)38-77-31-33-78(34-32-77)47-14-11-43(12-15-47)57(81)74-91(87,88)49-16-18-53(55(36-49)90(85,86)65(68,69)70)72-46(39-89-48-9-5-3-6-10-48)22-26-76-29-27-75(28-30-76)25-8-4-7-24-71-45-13-17-50-51(35-45)60(84)79(59(50)83)54-19-20-56(80)73-58(54)82/h3,5-6,9-18,35-36,46,54,61,71-72H,4,7-8,19-34,37-42H2,1-2H3,(H,74,81)(H,73,80,82)/t46-,54?,63?,64?/m1/s1. The smallest absolute Gasteiger partial charge is 0.385 e. The van der Waals surface area contributed by atoms with Gasteiger partial charge in [0.15, 0.2) is 0 Å². The molecule has 18 nitrogen and oxygen atoms in total. The van der Waals surface area contributed by atoms with E-state index in [-0.39, 0.29) is 40.4 Å².